The molecule has 0 radical (unpaired) electrons. The summed E-state index contributed by atoms with van der Waals surface area (Å²) in [6, 6.07) is 2.21. The summed E-state index contributed by atoms with van der Waals surface area (Å²) in [4.78, 5) is 70.8. The maximum absolute atomic E-state index is 14.4. The molecule has 14 heteroatoms. The molecule has 1 aliphatic heterocycles. The minimum atomic E-state index is -1.37. The van der Waals surface area contributed by atoms with Crippen LogP contribution < -0.4 is 16.0 Å². The van der Waals surface area contributed by atoms with Gasteiger partial charge in [-0.05, 0) is 55.2 Å². The molecule has 2 fully saturated rings. The zero-order chi connectivity index (χ0) is 40.6. The van der Waals surface area contributed by atoms with E-state index in [9.17, 15) is 33.5 Å². The number of amides is 4. The number of aliphatic carboxylic acids is 1. The first-order valence-electron chi connectivity index (χ1n) is 19.3. The molecule has 11 atom stereocenters. The number of carbonyl (C=O) groups excluding carboxylic acids is 4. The maximum Gasteiger partial charge on any atom is 0.326 e. The van der Waals surface area contributed by atoms with Crippen molar-refractivity contribution in [1.82, 2.24) is 25.8 Å². The van der Waals surface area contributed by atoms with E-state index in [4.69, 9.17) is 9.47 Å². The Balaban J connectivity index is 1.81. The lowest BCUT2D eigenvalue weighted by Gasteiger charge is -2.41. The molecule has 1 saturated carbocycles. The maximum atomic E-state index is 14.4. The molecule has 1 aromatic rings. The Kier molecular flexibility index (Phi) is 16.4. The van der Waals surface area contributed by atoms with Gasteiger partial charge in [-0.1, -0.05) is 73.1 Å². The molecule has 4 amide bonds. The molecule has 304 valence electrons. The van der Waals surface area contributed by atoms with Gasteiger partial charge in [0.05, 0.1) is 42.7 Å². The average molecular weight is 762 g/mol. The van der Waals surface area contributed by atoms with Crippen LogP contribution in [-0.2, 0) is 39.9 Å². The first-order valence-corrected chi connectivity index (χ1v) is 19.3. The minimum absolute atomic E-state index is 0.00943. The van der Waals surface area contributed by atoms with Gasteiger partial charge in [-0.2, -0.15) is 0 Å². The van der Waals surface area contributed by atoms with Crippen LogP contribution in [0.3, 0.4) is 0 Å². The van der Waals surface area contributed by atoms with E-state index in [1.165, 1.54) is 32.4 Å². The fraction of sp³-hybridized carbons (Fsp3) is 0.725. The monoisotopic (exact) mass is 761 g/mol. The number of carbonyl (C=O) groups is 5. The second kappa shape index (κ2) is 19.8. The summed E-state index contributed by atoms with van der Waals surface area (Å²) in [5, 5.41) is 18.4. The highest BCUT2D eigenvalue weighted by molar-refractivity contribution is 5.90. The summed E-state index contributed by atoms with van der Waals surface area (Å²) >= 11 is 0. The Morgan fingerprint density at radius 2 is 1.57 bits per heavy atom. The first-order chi connectivity index (χ1) is 25.4. The molecular formula is C40H64FN5O8. The number of hydrogen-bond donors (Lipinski definition) is 4. The lowest BCUT2D eigenvalue weighted by atomic mass is 9.89. The number of carboxylic acid groups (broad SMARTS) is 1. The Hall–Kier alpha value is -3.62. The molecular weight excluding hydrogens is 697 g/mol. The Morgan fingerprint density at radius 3 is 2.09 bits per heavy atom. The number of ether oxygens (including phenoxy) is 2. The van der Waals surface area contributed by atoms with E-state index in [0.717, 1.165) is 6.42 Å². The van der Waals surface area contributed by atoms with Crippen molar-refractivity contribution in [2.75, 3.05) is 28.3 Å². The van der Waals surface area contributed by atoms with Crippen molar-refractivity contribution >= 4 is 29.6 Å². The summed E-state index contributed by atoms with van der Waals surface area (Å²) in [6.07, 6.45) is 0.457. The normalized spacial score (nSPS) is 22.3. The average Bonchev–Trinajstić information content (AvgIpc) is 3.78. The predicted molar refractivity (Wildman–Crippen MR) is 203 cm³/mol. The van der Waals surface area contributed by atoms with Gasteiger partial charge in [-0.25, -0.2) is 9.18 Å². The molecule has 0 bridgehead atoms. The van der Waals surface area contributed by atoms with Gasteiger partial charge in [-0.15, -0.1) is 0 Å². The molecule has 13 nitrogen and oxygen atoms in total. The number of halogens is 1. The van der Waals surface area contributed by atoms with Crippen molar-refractivity contribution in [2.45, 2.75) is 129 Å². The Morgan fingerprint density at radius 1 is 0.944 bits per heavy atom. The van der Waals surface area contributed by atoms with E-state index in [1.54, 1.807) is 36.9 Å². The van der Waals surface area contributed by atoms with Crippen LogP contribution in [-0.4, -0.2) is 121 Å². The van der Waals surface area contributed by atoms with E-state index < -0.39 is 66.0 Å². The third kappa shape index (κ3) is 10.6. The second-order valence-corrected chi connectivity index (χ2v) is 15.9. The quantitative estimate of drug-likeness (QED) is 0.147. The van der Waals surface area contributed by atoms with Crippen LogP contribution in [0, 0.1) is 35.4 Å². The minimum Gasteiger partial charge on any atom is -0.480 e. The van der Waals surface area contributed by atoms with E-state index in [-0.39, 0.29) is 65.8 Å². The number of likely N-dealkylation sites (N-methyl/N-ethyl adjacent to an activating group) is 2. The lowest BCUT2D eigenvalue weighted by molar-refractivity contribution is -0.149. The standard InChI is InChI=1S/C40H64FN5O8/c1-12-23(6)35(45(9)39(50)34(22(4)5)44-38(49)33(42-8)21(2)3)31(53-10)20-32(47)46-29-18-26(29)19-30(46)36(54-11)24(7)37(48)43-28(40(51)52)17-25-15-13-14-16-27(25)41/h13-16,21-24,26,28-31,33-36,42H,12,17-20H2,1-11H3,(H,43,48)(H,44,49)(H,51,52)/t23-,24+,26-,28?,29?,30-,31?,33-,34-,35?,36+/m0/s1. The molecule has 2 aliphatic rings. The molecule has 4 unspecified atom stereocenters. The second-order valence-electron chi connectivity index (χ2n) is 15.9. The van der Waals surface area contributed by atoms with Gasteiger partial charge in [-0.3, -0.25) is 19.2 Å². The van der Waals surface area contributed by atoms with Crippen LogP contribution in [0.25, 0.3) is 0 Å². The zero-order valence-corrected chi connectivity index (χ0v) is 33.9. The number of benzene rings is 1. The van der Waals surface area contributed by atoms with Gasteiger partial charge in [0.1, 0.15) is 17.9 Å². The number of likely N-dealkylation sites (tertiary alicyclic amines) is 1. The van der Waals surface area contributed by atoms with Crippen LogP contribution in [0.5, 0.6) is 0 Å². The van der Waals surface area contributed by atoms with Crippen molar-refractivity contribution in [3.05, 3.63) is 35.6 Å². The molecule has 0 aromatic heterocycles. The molecule has 54 heavy (non-hydrogen) atoms. The smallest absolute Gasteiger partial charge is 0.326 e. The lowest BCUT2D eigenvalue weighted by Crippen LogP contribution is -2.59. The summed E-state index contributed by atoms with van der Waals surface area (Å²) in [5.74, 6) is -4.01. The van der Waals surface area contributed by atoms with Gasteiger partial charge < -0.3 is 40.3 Å². The highest BCUT2D eigenvalue weighted by atomic mass is 19.1. The molecule has 4 N–H and O–H groups in total. The molecule has 1 saturated heterocycles. The van der Waals surface area contributed by atoms with Gasteiger partial charge in [0, 0.05) is 33.7 Å². The number of nitrogens with zero attached hydrogens (tertiary/aromatic N) is 2. The molecule has 3 rings (SSSR count). The number of nitrogens with one attached hydrogen (secondary N) is 3. The van der Waals surface area contributed by atoms with Crippen LogP contribution in [0.4, 0.5) is 4.39 Å². The van der Waals surface area contributed by atoms with Crippen molar-refractivity contribution in [1.29, 1.82) is 0 Å². The number of fused-ring (bicyclic) bond motifs is 1. The number of methoxy groups -OCH3 is 2. The van der Waals surface area contributed by atoms with Crippen molar-refractivity contribution in [3.63, 3.8) is 0 Å². The summed E-state index contributed by atoms with van der Waals surface area (Å²) in [5.41, 5.74) is 0.169. The summed E-state index contributed by atoms with van der Waals surface area (Å²) < 4.78 is 26.2. The van der Waals surface area contributed by atoms with Gasteiger partial charge >= 0.3 is 5.97 Å². The Labute approximate surface area is 320 Å². The number of piperidine rings is 1. The molecule has 1 aromatic carbocycles. The zero-order valence-electron chi connectivity index (χ0n) is 33.9. The summed E-state index contributed by atoms with van der Waals surface area (Å²) in [7, 11) is 6.41. The third-order valence-electron chi connectivity index (χ3n) is 11.6. The van der Waals surface area contributed by atoms with Gasteiger partial charge in [0.15, 0.2) is 0 Å². The van der Waals surface area contributed by atoms with Crippen LogP contribution in [0.1, 0.15) is 79.7 Å². The summed E-state index contributed by atoms with van der Waals surface area (Å²) in [6.45, 7) is 13.3. The number of hydrogen-bond acceptors (Lipinski definition) is 8. The van der Waals surface area contributed by atoms with Crippen molar-refractivity contribution < 1.29 is 42.9 Å². The topological polar surface area (TPSA) is 167 Å². The molecule has 1 heterocycles. The van der Waals surface area contributed by atoms with E-state index in [1.807, 2.05) is 41.5 Å². The Bertz CT molecular complexity index is 1460. The van der Waals surface area contributed by atoms with Gasteiger partial charge in [0.25, 0.3) is 0 Å². The van der Waals surface area contributed by atoms with E-state index in [0.29, 0.717) is 12.8 Å². The number of carboxylic acids is 1. The van der Waals surface area contributed by atoms with Crippen molar-refractivity contribution in [2.24, 2.45) is 29.6 Å². The van der Waals surface area contributed by atoms with Gasteiger partial charge in [0.2, 0.25) is 23.6 Å². The SMILES string of the molecule is CC[C@H](C)C(C(CC(=O)N1C2C[C@H]2C[C@H]1[C@H](OC)[C@@H](C)C(=O)NC(Cc1ccccc1F)C(=O)O)OC)N(C)C(=O)[C@@H](NC(=O)[C@@H](NC)C(C)C)C(C)C. The van der Waals surface area contributed by atoms with E-state index in [2.05, 4.69) is 16.0 Å². The van der Waals surface area contributed by atoms with Crippen molar-refractivity contribution in [3.8, 4) is 0 Å². The number of rotatable bonds is 21. The third-order valence-corrected chi connectivity index (χ3v) is 11.6. The highest BCUT2D eigenvalue weighted by Crippen LogP contribution is 2.50. The molecule has 1 aliphatic carbocycles. The largest absolute Gasteiger partial charge is 0.480 e. The fourth-order valence-corrected chi connectivity index (χ4v) is 8.14. The van der Waals surface area contributed by atoms with Crippen LogP contribution in [0.2, 0.25) is 0 Å². The van der Waals surface area contributed by atoms with E-state index >= 15 is 0 Å². The highest BCUT2D eigenvalue weighted by Gasteiger charge is 2.57. The van der Waals surface area contributed by atoms with Crippen LogP contribution in [0.15, 0.2) is 24.3 Å². The van der Waals surface area contributed by atoms with Crippen LogP contribution >= 0.6 is 0 Å². The first kappa shape index (κ1) is 44.8. The fourth-order valence-electron chi connectivity index (χ4n) is 8.14. The predicted octanol–water partition coefficient (Wildman–Crippen LogP) is 3.24. The molecule has 0 spiro atoms.